The highest BCUT2D eigenvalue weighted by atomic mass is 32.1. The number of aromatic amines is 1. The quantitative estimate of drug-likeness (QED) is 0.840. The Morgan fingerprint density at radius 1 is 1.11 bits per heavy atom. The van der Waals surface area contributed by atoms with Gasteiger partial charge in [-0.2, -0.15) is 0 Å². The standard InChI is InChI=1S/C15H18N2OS/c1-8-7-13(18-5)9(2)6-12(8)14-10(3)15(19)17-11(4)16-14/h6-7H,1-5H3,(H,16,17,19). The number of nitrogens with zero attached hydrogens (tertiary/aromatic N) is 1. The molecule has 0 unspecified atom stereocenters. The molecule has 3 nitrogen and oxygen atoms in total. The number of aryl methyl sites for hydroxylation is 3. The van der Waals surface area contributed by atoms with E-state index < -0.39 is 0 Å². The summed E-state index contributed by atoms with van der Waals surface area (Å²) in [5.41, 5.74) is 5.46. The molecule has 1 aromatic carbocycles. The summed E-state index contributed by atoms with van der Waals surface area (Å²) in [5, 5.41) is 0. The molecule has 0 atom stereocenters. The van der Waals surface area contributed by atoms with E-state index >= 15 is 0 Å². The fraction of sp³-hybridized carbons (Fsp3) is 0.333. The smallest absolute Gasteiger partial charge is 0.133 e. The van der Waals surface area contributed by atoms with E-state index in [2.05, 4.69) is 29.0 Å². The van der Waals surface area contributed by atoms with Crippen molar-refractivity contribution in [3.8, 4) is 17.0 Å². The molecular formula is C15H18N2OS. The first-order valence-electron chi connectivity index (χ1n) is 6.17. The van der Waals surface area contributed by atoms with Gasteiger partial charge in [0.05, 0.1) is 12.8 Å². The Morgan fingerprint density at radius 2 is 1.79 bits per heavy atom. The molecule has 0 saturated carbocycles. The predicted octanol–water partition coefficient (Wildman–Crippen LogP) is 4.05. The zero-order valence-corrected chi connectivity index (χ0v) is 12.7. The number of H-pyrrole nitrogens is 1. The Morgan fingerprint density at radius 3 is 2.42 bits per heavy atom. The second-order valence-corrected chi connectivity index (χ2v) is 5.15. The van der Waals surface area contributed by atoms with Crippen molar-refractivity contribution in [3.63, 3.8) is 0 Å². The number of nitrogens with one attached hydrogen (secondary N) is 1. The molecule has 0 aliphatic carbocycles. The topological polar surface area (TPSA) is 37.9 Å². The van der Waals surface area contributed by atoms with Crippen molar-refractivity contribution >= 4 is 12.2 Å². The van der Waals surface area contributed by atoms with Gasteiger partial charge in [0.2, 0.25) is 0 Å². The molecule has 4 heteroatoms. The van der Waals surface area contributed by atoms with Crippen LogP contribution in [0.5, 0.6) is 5.75 Å². The minimum absolute atomic E-state index is 0.652. The molecule has 0 aliphatic rings. The molecule has 2 rings (SSSR count). The van der Waals surface area contributed by atoms with Gasteiger partial charge in [-0.15, -0.1) is 0 Å². The van der Waals surface area contributed by atoms with E-state index in [0.717, 1.165) is 39.5 Å². The van der Waals surface area contributed by atoms with Crippen LogP contribution in [0.2, 0.25) is 0 Å². The molecule has 0 spiro atoms. The first kappa shape index (κ1) is 13.7. The summed E-state index contributed by atoms with van der Waals surface area (Å²) < 4.78 is 6.00. The largest absolute Gasteiger partial charge is 0.496 e. The lowest BCUT2D eigenvalue weighted by atomic mass is 9.99. The van der Waals surface area contributed by atoms with E-state index in [1.807, 2.05) is 20.8 Å². The number of hydrogen-bond donors (Lipinski definition) is 1. The summed E-state index contributed by atoms with van der Waals surface area (Å²) in [6.45, 7) is 8.03. The van der Waals surface area contributed by atoms with Gasteiger partial charge < -0.3 is 9.72 Å². The van der Waals surface area contributed by atoms with Gasteiger partial charge in [-0.1, -0.05) is 12.2 Å². The van der Waals surface area contributed by atoms with Crippen molar-refractivity contribution in [3.05, 3.63) is 39.3 Å². The number of ether oxygens (including phenoxy) is 1. The molecular weight excluding hydrogens is 256 g/mol. The molecule has 0 amide bonds. The maximum Gasteiger partial charge on any atom is 0.133 e. The monoisotopic (exact) mass is 274 g/mol. The van der Waals surface area contributed by atoms with Crippen LogP contribution in [0.25, 0.3) is 11.3 Å². The Balaban J connectivity index is 2.73. The van der Waals surface area contributed by atoms with Gasteiger partial charge in [0.15, 0.2) is 0 Å². The lowest BCUT2D eigenvalue weighted by Gasteiger charge is -2.14. The molecule has 0 saturated heterocycles. The fourth-order valence-electron chi connectivity index (χ4n) is 2.19. The molecule has 1 N–H and O–H groups in total. The van der Waals surface area contributed by atoms with Gasteiger partial charge in [0, 0.05) is 11.1 Å². The van der Waals surface area contributed by atoms with Gasteiger partial charge in [0.25, 0.3) is 0 Å². The summed E-state index contributed by atoms with van der Waals surface area (Å²) in [7, 11) is 1.69. The van der Waals surface area contributed by atoms with Crippen LogP contribution < -0.4 is 4.74 Å². The van der Waals surface area contributed by atoms with Gasteiger partial charge in [-0.3, -0.25) is 0 Å². The first-order chi connectivity index (χ1) is 8.93. The second-order valence-electron chi connectivity index (χ2n) is 4.76. The van der Waals surface area contributed by atoms with E-state index in [-0.39, 0.29) is 0 Å². The van der Waals surface area contributed by atoms with Crippen LogP contribution in [-0.2, 0) is 0 Å². The van der Waals surface area contributed by atoms with E-state index in [1.165, 1.54) is 0 Å². The van der Waals surface area contributed by atoms with Crippen LogP contribution in [0.4, 0.5) is 0 Å². The van der Waals surface area contributed by atoms with E-state index in [9.17, 15) is 0 Å². The Hall–Kier alpha value is -1.68. The highest BCUT2D eigenvalue weighted by molar-refractivity contribution is 7.71. The van der Waals surface area contributed by atoms with Crippen LogP contribution in [0.3, 0.4) is 0 Å². The SMILES string of the molecule is COc1cc(C)c(-c2[nH]c(C)nc(=S)c2C)cc1C. The van der Waals surface area contributed by atoms with E-state index in [1.54, 1.807) is 7.11 Å². The van der Waals surface area contributed by atoms with Crippen LogP contribution in [0, 0.1) is 32.3 Å². The van der Waals surface area contributed by atoms with Crippen molar-refractivity contribution in [1.29, 1.82) is 0 Å². The van der Waals surface area contributed by atoms with Crippen LogP contribution in [-0.4, -0.2) is 17.1 Å². The fourth-order valence-corrected chi connectivity index (χ4v) is 2.43. The molecule has 1 heterocycles. The van der Waals surface area contributed by atoms with Crippen molar-refractivity contribution in [2.75, 3.05) is 7.11 Å². The number of methoxy groups -OCH3 is 1. The maximum absolute atomic E-state index is 5.35. The van der Waals surface area contributed by atoms with Gasteiger partial charge >= 0.3 is 0 Å². The number of hydrogen-bond acceptors (Lipinski definition) is 3. The minimum atomic E-state index is 0.652. The Labute approximate surface area is 118 Å². The molecule has 0 fully saturated rings. The summed E-state index contributed by atoms with van der Waals surface area (Å²) >= 11 is 5.30. The molecule has 100 valence electrons. The van der Waals surface area contributed by atoms with Crippen molar-refractivity contribution in [2.45, 2.75) is 27.7 Å². The Kier molecular flexibility index (Phi) is 3.71. The van der Waals surface area contributed by atoms with Crippen molar-refractivity contribution < 1.29 is 4.74 Å². The highest BCUT2D eigenvalue weighted by Crippen LogP contribution is 2.30. The predicted molar refractivity (Wildman–Crippen MR) is 80.4 cm³/mol. The van der Waals surface area contributed by atoms with Crippen LogP contribution >= 0.6 is 12.2 Å². The zero-order valence-electron chi connectivity index (χ0n) is 11.9. The maximum atomic E-state index is 5.35. The van der Waals surface area contributed by atoms with Crippen molar-refractivity contribution in [1.82, 2.24) is 9.97 Å². The average molecular weight is 274 g/mol. The highest BCUT2D eigenvalue weighted by Gasteiger charge is 2.11. The minimum Gasteiger partial charge on any atom is -0.496 e. The normalized spacial score (nSPS) is 10.6. The van der Waals surface area contributed by atoms with Gasteiger partial charge in [-0.05, 0) is 51.0 Å². The third kappa shape index (κ3) is 2.54. The van der Waals surface area contributed by atoms with E-state index in [0.29, 0.717) is 4.64 Å². The van der Waals surface area contributed by atoms with Gasteiger partial charge in [-0.25, -0.2) is 4.98 Å². The number of aromatic nitrogens is 2. The summed E-state index contributed by atoms with van der Waals surface area (Å²) in [6.07, 6.45) is 0. The Bertz CT molecular complexity index is 689. The lowest BCUT2D eigenvalue weighted by Crippen LogP contribution is -1.99. The van der Waals surface area contributed by atoms with Crippen molar-refractivity contribution in [2.24, 2.45) is 0 Å². The third-order valence-electron chi connectivity index (χ3n) is 3.28. The average Bonchev–Trinajstić information content (AvgIpc) is 2.36. The molecule has 0 bridgehead atoms. The number of rotatable bonds is 2. The number of benzene rings is 1. The van der Waals surface area contributed by atoms with E-state index in [4.69, 9.17) is 17.0 Å². The third-order valence-corrected chi connectivity index (χ3v) is 3.68. The summed E-state index contributed by atoms with van der Waals surface area (Å²) in [5.74, 6) is 1.74. The molecule has 19 heavy (non-hydrogen) atoms. The zero-order chi connectivity index (χ0) is 14.2. The summed E-state index contributed by atoms with van der Waals surface area (Å²) in [6, 6.07) is 4.18. The first-order valence-corrected chi connectivity index (χ1v) is 6.58. The van der Waals surface area contributed by atoms with Gasteiger partial charge in [0.1, 0.15) is 16.2 Å². The second kappa shape index (κ2) is 5.13. The molecule has 0 radical (unpaired) electrons. The molecule has 2 aromatic rings. The van der Waals surface area contributed by atoms with Crippen LogP contribution in [0.1, 0.15) is 22.5 Å². The van der Waals surface area contributed by atoms with Crippen LogP contribution in [0.15, 0.2) is 12.1 Å². The molecule has 0 aliphatic heterocycles. The molecule has 1 aromatic heterocycles. The lowest BCUT2D eigenvalue weighted by molar-refractivity contribution is 0.411. The summed E-state index contributed by atoms with van der Waals surface area (Å²) in [4.78, 5) is 7.60.